The molecule has 0 bridgehead atoms. The van der Waals surface area contributed by atoms with Gasteiger partial charge in [0.15, 0.2) is 0 Å². The molecule has 168 valence electrons. The first kappa shape index (κ1) is 23.6. The second kappa shape index (κ2) is 9.22. The van der Waals surface area contributed by atoms with Crippen LogP contribution in [0.2, 0.25) is 5.02 Å². The fraction of sp³-hybridized carbons (Fsp3) is 0.136. The van der Waals surface area contributed by atoms with Crippen molar-refractivity contribution >= 4 is 38.9 Å². The molecule has 0 aromatic heterocycles. The number of sulfonamides is 1. The predicted octanol–water partition coefficient (Wildman–Crippen LogP) is 5.50. The van der Waals surface area contributed by atoms with Crippen LogP contribution in [0.25, 0.3) is 0 Å². The first-order valence-corrected chi connectivity index (χ1v) is 11.1. The van der Waals surface area contributed by atoms with Gasteiger partial charge in [-0.05, 0) is 49.4 Å². The third-order valence-electron chi connectivity index (χ3n) is 4.51. The molecular weight excluding hydrogens is 465 g/mol. The van der Waals surface area contributed by atoms with Crippen molar-refractivity contribution in [1.29, 1.82) is 0 Å². The minimum Gasteiger partial charge on any atom is -0.323 e. The molecule has 3 aromatic rings. The number of anilines is 2. The molecule has 0 spiro atoms. The van der Waals surface area contributed by atoms with Crippen molar-refractivity contribution in [1.82, 2.24) is 0 Å². The molecule has 1 amide bonds. The van der Waals surface area contributed by atoms with Crippen LogP contribution in [-0.2, 0) is 21.0 Å². The summed E-state index contributed by atoms with van der Waals surface area (Å²) in [6.45, 7) is 1.13. The average Bonchev–Trinajstić information content (AvgIpc) is 2.73. The lowest BCUT2D eigenvalue weighted by atomic mass is 10.2. The van der Waals surface area contributed by atoms with E-state index in [0.717, 1.165) is 22.0 Å². The van der Waals surface area contributed by atoms with Crippen molar-refractivity contribution in [2.24, 2.45) is 0 Å². The van der Waals surface area contributed by atoms with Crippen LogP contribution in [0, 0.1) is 6.92 Å². The van der Waals surface area contributed by atoms with Gasteiger partial charge in [0.25, 0.3) is 10.0 Å². The minimum absolute atomic E-state index is 0.0307. The summed E-state index contributed by atoms with van der Waals surface area (Å²) < 4.78 is 66.4. The Hall–Kier alpha value is -3.04. The van der Waals surface area contributed by atoms with Crippen LogP contribution in [0.1, 0.15) is 11.1 Å². The lowest BCUT2D eigenvalue weighted by molar-refractivity contribution is -0.137. The molecule has 3 rings (SSSR count). The number of rotatable bonds is 6. The van der Waals surface area contributed by atoms with Crippen molar-refractivity contribution < 1.29 is 26.4 Å². The molecule has 10 heteroatoms. The predicted molar refractivity (Wildman–Crippen MR) is 117 cm³/mol. The highest BCUT2D eigenvalue weighted by molar-refractivity contribution is 7.92. The zero-order valence-electron chi connectivity index (χ0n) is 16.7. The first-order valence-electron chi connectivity index (χ1n) is 9.29. The molecule has 0 saturated heterocycles. The van der Waals surface area contributed by atoms with Crippen molar-refractivity contribution in [3.05, 3.63) is 88.9 Å². The van der Waals surface area contributed by atoms with Gasteiger partial charge in [-0.1, -0.05) is 47.5 Å². The molecule has 1 N–H and O–H groups in total. The van der Waals surface area contributed by atoms with Gasteiger partial charge in [-0.15, -0.1) is 0 Å². The number of hydrogen-bond acceptors (Lipinski definition) is 3. The highest BCUT2D eigenvalue weighted by atomic mass is 35.5. The fourth-order valence-electron chi connectivity index (χ4n) is 2.86. The van der Waals surface area contributed by atoms with Crippen LogP contribution < -0.4 is 9.62 Å². The van der Waals surface area contributed by atoms with Crippen molar-refractivity contribution in [2.45, 2.75) is 18.0 Å². The molecule has 0 atom stereocenters. The third-order valence-corrected chi connectivity index (χ3v) is 6.63. The maximum absolute atomic E-state index is 13.3. The number of para-hydroxylation sites is 1. The smallest absolute Gasteiger partial charge is 0.323 e. The number of alkyl halides is 3. The van der Waals surface area contributed by atoms with Gasteiger partial charge in [-0.3, -0.25) is 9.10 Å². The highest BCUT2D eigenvalue weighted by Crippen LogP contribution is 2.34. The molecule has 0 saturated carbocycles. The van der Waals surface area contributed by atoms with E-state index in [1.165, 1.54) is 24.3 Å². The number of aryl methyl sites for hydroxylation is 1. The van der Waals surface area contributed by atoms with Crippen molar-refractivity contribution in [2.75, 3.05) is 16.2 Å². The van der Waals surface area contributed by atoms with E-state index in [-0.39, 0.29) is 21.3 Å². The van der Waals surface area contributed by atoms with Crippen molar-refractivity contribution in [3.8, 4) is 0 Å². The number of nitrogens with one attached hydrogen (secondary N) is 1. The Labute approximate surface area is 188 Å². The van der Waals surface area contributed by atoms with Crippen molar-refractivity contribution in [3.63, 3.8) is 0 Å². The van der Waals surface area contributed by atoms with Gasteiger partial charge in [0, 0.05) is 0 Å². The molecule has 0 aliphatic rings. The lowest BCUT2D eigenvalue weighted by Gasteiger charge is -2.24. The van der Waals surface area contributed by atoms with E-state index in [9.17, 15) is 26.4 Å². The maximum atomic E-state index is 13.3. The molecule has 0 fully saturated rings. The molecule has 0 heterocycles. The van der Waals surface area contributed by atoms with E-state index in [1.54, 1.807) is 37.3 Å². The van der Waals surface area contributed by atoms with E-state index >= 15 is 0 Å². The molecule has 0 radical (unpaired) electrons. The third kappa shape index (κ3) is 5.41. The topological polar surface area (TPSA) is 66.5 Å². The van der Waals surface area contributed by atoms with Gasteiger partial charge in [0.05, 0.1) is 26.9 Å². The van der Waals surface area contributed by atoms with Crippen LogP contribution in [-0.4, -0.2) is 20.9 Å². The number of benzene rings is 3. The zero-order chi connectivity index (χ0) is 23.5. The SMILES string of the molecule is Cc1ccc(S(=O)(=O)N(CC(=O)Nc2cc(C(F)(F)F)ccc2Cl)c2ccccc2)cc1. The summed E-state index contributed by atoms with van der Waals surface area (Å²) in [5.74, 6) is -0.856. The summed E-state index contributed by atoms with van der Waals surface area (Å²) in [5, 5.41) is 2.17. The Morgan fingerprint density at radius 2 is 1.62 bits per heavy atom. The second-order valence-electron chi connectivity index (χ2n) is 6.90. The van der Waals surface area contributed by atoms with Gasteiger partial charge in [0.1, 0.15) is 6.54 Å². The van der Waals surface area contributed by atoms with Crippen LogP contribution in [0.15, 0.2) is 77.7 Å². The fourth-order valence-corrected chi connectivity index (χ4v) is 4.45. The summed E-state index contributed by atoms with van der Waals surface area (Å²) in [7, 11) is -4.14. The number of carbonyl (C=O) groups is 1. The van der Waals surface area contributed by atoms with E-state index in [2.05, 4.69) is 5.32 Å². The quantitative estimate of drug-likeness (QED) is 0.504. The van der Waals surface area contributed by atoms with Crippen LogP contribution in [0.4, 0.5) is 24.5 Å². The molecule has 5 nitrogen and oxygen atoms in total. The zero-order valence-corrected chi connectivity index (χ0v) is 18.3. The number of nitrogens with zero attached hydrogens (tertiary/aromatic N) is 1. The maximum Gasteiger partial charge on any atom is 0.416 e. The Morgan fingerprint density at radius 3 is 2.22 bits per heavy atom. The molecule has 0 unspecified atom stereocenters. The Morgan fingerprint density at radius 1 is 1.00 bits per heavy atom. The van der Waals surface area contributed by atoms with Gasteiger partial charge < -0.3 is 5.32 Å². The molecular formula is C22H18ClF3N2O3S. The van der Waals surface area contributed by atoms with Gasteiger partial charge in [-0.25, -0.2) is 8.42 Å². The summed E-state index contributed by atoms with van der Waals surface area (Å²) in [6, 6.07) is 16.5. The van der Waals surface area contributed by atoms with Crippen LogP contribution >= 0.6 is 11.6 Å². The number of amides is 1. The van der Waals surface area contributed by atoms with E-state index in [4.69, 9.17) is 11.6 Å². The Bertz CT molecular complexity index is 1220. The minimum atomic E-state index is -4.63. The molecule has 32 heavy (non-hydrogen) atoms. The largest absolute Gasteiger partial charge is 0.416 e. The number of carbonyl (C=O) groups excluding carboxylic acids is 1. The molecule has 0 aliphatic carbocycles. The van der Waals surface area contributed by atoms with E-state index < -0.39 is 34.2 Å². The standard InChI is InChI=1S/C22H18ClF3N2O3S/c1-15-7-10-18(11-8-15)32(30,31)28(17-5-3-2-4-6-17)14-21(29)27-20-13-16(22(24,25)26)9-12-19(20)23/h2-13H,14H2,1H3,(H,27,29). The first-order chi connectivity index (χ1) is 15.0. The second-order valence-corrected chi connectivity index (χ2v) is 9.17. The Kier molecular flexibility index (Phi) is 6.80. The summed E-state index contributed by atoms with van der Waals surface area (Å²) in [5.41, 5.74) is -0.192. The average molecular weight is 483 g/mol. The molecule has 3 aromatic carbocycles. The van der Waals surface area contributed by atoms with Gasteiger partial charge in [-0.2, -0.15) is 13.2 Å². The Balaban J connectivity index is 1.93. The lowest BCUT2D eigenvalue weighted by Crippen LogP contribution is -2.38. The monoisotopic (exact) mass is 482 g/mol. The summed E-state index contributed by atoms with van der Waals surface area (Å²) in [6.07, 6.45) is -4.63. The van der Waals surface area contributed by atoms with Crippen LogP contribution in [0.3, 0.4) is 0 Å². The van der Waals surface area contributed by atoms with E-state index in [1.807, 2.05) is 0 Å². The summed E-state index contributed by atoms with van der Waals surface area (Å²) in [4.78, 5) is 12.7. The number of halogens is 4. The number of hydrogen-bond donors (Lipinski definition) is 1. The molecule has 0 aliphatic heterocycles. The highest BCUT2D eigenvalue weighted by Gasteiger charge is 2.32. The summed E-state index contributed by atoms with van der Waals surface area (Å²) >= 11 is 5.93. The van der Waals surface area contributed by atoms with Crippen LogP contribution in [0.5, 0.6) is 0 Å². The normalized spacial score (nSPS) is 11.8. The van der Waals surface area contributed by atoms with Gasteiger partial charge in [0.2, 0.25) is 5.91 Å². The van der Waals surface area contributed by atoms with Gasteiger partial charge >= 0.3 is 6.18 Å². The van der Waals surface area contributed by atoms with E-state index in [0.29, 0.717) is 6.07 Å².